The van der Waals surface area contributed by atoms with E-state index in [1.807, 2.05) is 6.92 Å². The maximum absolute atomic E-state index is 11.6. The van der Waals surface area contributed by atoms with Crippen molar-refractivity contribution in [2.24, 2.45) is 5.41 Å². The number of carboxylic acids is 1. The van der Waals surface area contributed by atoms with Crippen molar-refractivity contribution in [3.8, 4) is 0 Å². The fraction of sp³-hybridized carbons (Fsp3) is 0.933. The molecule has 108 valence electrons. The lowest BCUT2D eigenvalue weighted by Crippen LogP contribution is -2.54. The number of aliphatic hydroxyl groups is 1. The van der Waals surface area contributed by atoms with Gasteiger partial charge in [0.25, 0.3) is 0 Å². The lowest BCUT2D eigenvalue weighted by Gasteiger charge is -2.45. The van der Waals surface area contributed by atoms with Crippen LogP contribution in [0.15, 0.2) is 0 Å². The van der Waals surface area contributed by atoms with Gasteiger partial charge in [-0.2, -0.15) is 0 Å². The molecule has 0 bridgehead atoms. The molecule has 0 saturated carbocycles. The van der Waals surface area contributed by atoms with Crippen molar-refractivity contribution < 1.29 is 15.0 Å². The van der Waals surface area contributed by atoms with Crippen LogP contribution in [0.3, 0.4) is 0 Å². The van der Waals surface area contributed by atoms with Gasteiger partial charge in [0.1, 0.15) is 0 Å². The molecule has 0 saturated heterocycles. The SMILES string of the molecule is CCCC(CCC)(CCC)C(O)(CCC)C(=O)O. The molecule has 0 radical (unpaired) electrons. The highest BCUT2D eigenvalue weighted by molar-refractivity contribution is 5.78. The summed E-state index contributed by atoms with van der Waals surface area (Å²) in [6.45, 7) is 8.12. The summed E-state index contributed by atoms with van der Waals surface area (Å²) in [6, 6.07) is 0. The van der Waals surface area contributed by atoms with Crippen LogP contribution in [-0.2, 0) is 4.79 Å². The first-order chi connectivity index (χ1) is 8.44. The molecule has 0 rings (SSSR count). The Kier molecular flexibility index (Phi) is 7.53. The third-order valence-electron chi connectivity index (χ3n) is 4.03. The van der Waals surface area contributed by atoms with Crippen LogP contribution in [0.1, 0.15) is 79.1 Å². The summed E-state index contributed by atoms with van der Waals surface area (Å²) in [6.07, 6.45) is 6.16. The molecular weight excluding hydrogens is 228 g/mol. The molecule has 0 heterocycles. The Morgan fingerprint density at radius 1 is 0.833 bits per heavy atom. The molecule has 0 fully saturated rings. The van der Waals surface area contributed by atoms with Crippen molar-refractivity contribution in [3.05, 3.63) is 0 Å². The molecular formula is C15H30O3. The first-order valence-electron chi connectivity index (χ1n) is 7.39. The molecule has 1 atom stereocenters. The van der Waals surface area contributed by atoms with Gasteiger partial charge in [0.15, 0.2) is 5.60 Å². The fourth-order valence-corrected chi connectivity index (χ4v) is 3.39. The molecule has 0 aliphatic heterocycles. The van der Waals surface area contributed by atoms with E-state index in [-0.39, 0.29) is 0 Å². The summed E-state index contributed by atoms with van der Waals surface area (Å²) in [4.78, 5) is 11.6. The van der Waals surface area contributed by atoms with Crippen LogP contribution in [0.25, 0.3) is 0 Å². The lowest BCUT2D eigenvalue weighted by molar-refractivity contribution is -0.181. The predicted molar refractivity (Wildman–Crippen MR) is 74.7 cm³/mol. The zero-order valence-corrected chi connectivity index (χ0v) is 12.5. The molecule has 0 aromatic rings. The minimum atomic E-state index is -1.57. The maximum Gasteiger partial charge on any atom is 0.336 e. The van der Waals surface area contributed by atoms with E-state index in [9.17, 15) is 15.0 Å². The third kappa shape index (κ3) is 3.47. The second-order valence-corrected chi connectivity index (χ2v) is 5.45. The molecule has 0 spiro atoms. The van der Waals surface area contributed by atoms with Gasteiger partial charge < -0.3 is 10.2 Å². The lowest BCUT2D eigenvalue weighted by atomic mass is 9.62. The normalized spacial score (nSPS) is 15.4. The Bertz CT molecular complexity index is 233. The summed E-state index contributed by atoms with van der Waals surface area (Å²) in [7, 11) is 0. The van der Waals surface area contributed by atoms with Crippen molar-refractivity contribution in [3.63, 3.8) is 0 Å². The van der Waals surface area contributed by atoms with Gasteiger partial charge >= 0.3 is 5.97 Å². The zero-order valence-electron chi connectivity index (χ0n) is 12.5. The molecule has 18 heavy (non-hydrogen) atoms. The quantitative estimate of drug-likeness (QED) is 0.623. The Morgan fingerprint density at radius 3 is 1.39 bits per heavy atom. The first kappa shape index (κ1) is 17.4. The van der Waals surface area contributed by atoms with E-state index >= 15 is 0 Å². The van der Waals surface area contributed by atoms with Gasteiger partial charge in [0, 0.05) is 5.41 Å². The van der Waals surface area contributed by atoms with E-state index in [0.29, 0.717) is 12.8 Å². The van der Waals surface area contributed by atoms with Gasteiger partial charge in [-0.3, -0.25) is 0 Å². The number of carboxylic acid groups (broad SMARTS) is 1. The van der Waals surface area contributed by atoms with E-state index in [4.69, 9.17) is 0 Å². The average Bonchev–Trinajstić information content (AvgIpc) is 2.29. The van der Waals surface area contributed by atoms with E-state index in [2.05, 4.69) is 20.8 Å². The van der Waals surface area contributed by atoms with Gasteiger partial charge in [-0.25, -0.2) is 4.79 Å². The van der Waals surface area contributed by atoms with E-state index in [1.54, 1.807) is 0 Å². The zero-order chi connectivity index (χ0) is 14.2. The van der Waals surface area contributed by atoms with Crippen LogP contribution < -0.4 is 0 Å². The molecule has 0 aromatic carbocycles. The number of hydrogen-bond acceptors (Lipinski definition) is 2. The van der Waals surface area contributed by atoms with Crippen LogP contribution in [0.2, 0.25) is 0 Å². The Labute approximate surface area is 112 Å². The maximum atomic E-state index is 11.6. The number of rotatable bonds is 10. The summed E-state index contributed by atoms with van der Waals surface area (Å²) in [5.74, 6) is -1.04. The molecule has 0 amide bonds. The molecule has 0 aromatic heterocycles. The van der Waals surface area contributed by atoms with Gasteiger partial charge in [0.05, 0.1) is 0 Å². The van der Waals surface area contributed by atoms with Crippen LogP contribution >= 0.6 is 0 Å². The standard InChI is InChI=1S/C15H30O3/c1-5-9-14(10-6-2,11-7-3)15(18,12-8-4)13(16)17/h18H,5-12H2,1-4H3,(H,16,17). The molecule has 3 heteroatoms. The highest BCUT2D eigenvalue weighted by Gasteiger charge is 2.53. The largest absolute Gasteiger partial charge is 0.479 e. The smallest absolute Gasteiger partial charge is 0.336 e. The van der Waals surface area contributed by atoms with Crippen LogP contribution in [-0.4, -0.2) is 21.8 Å². The molecule has 2 N–H and O–H groups in total. The summed E-state index contributed by atoms with van der Waals surface area (Å²) in [5, 5.41) is 20.3. The average molecular weight is 258 g/mol. The van der Waals surface area contributed by atoms with Crippen molar-refractivity contribution in [1.82, 2.24) is 0 Å². The van der Waals surface area contributed by atoms with Crippen molar-refractivity contribution in [1.29, 1.82) is 0 Å². The molecule has 0 aliphatic carbocycles. The first-order valence-corrected chi connectivity index (χ1v) is 7.39. The van der Waals surface area contributed by atoms with E-state index < -0.39 is 17.0 Å². The van der Waals surface area contributed by atoms with Crippen LogP contribution in [0.5, 0.6) is 0 Å². The van der Waals surface area contributed by atoms with Crippen molar-refractivity contribution in [2.75, 3.05) is 0 Å². The second kappa shape index (κ2) is 7.78. The van der Waals surface area contributed by atoms with Crippen molar-refractivity contribution >= 4 is 5.97 Å². The van der Waals surface area contributed by atoms with Gasteiger partial charge in [-0.1, -0.05) is 53.4 Å². The topological polar surface area (TPSA) is 57.5 Å². The number of hydrogen-bond donors (Lipinski definition) is 2. The molecule has 0 aliphatic rings. The van der Waals surface area contributed by atoms with Gasteiger partial charge in [0.2, 0.25) is 0 Å². The van der Waals surface area contributed by atoms with E-state index in [1.165, 1.54) is 0 Å². The minimum absolute atomic E-state index is 0.350. The molecule has 3 nitrogen and oxygen atoms in total. The van der Waals surface area contributed by atoms with Crippen LogP contribution in [0.4, 0.5) is 0 Å². The predicted octanol–water partition coefficient (Wildman–Crippen LogP) is 3.99. The monoisotopic (exact) mass is 258 g/mol. The summed E-state index contributed by atoms with van der Waals surface area (Å²) < 4.78 is 0. The number of aliphatic carboxylic acids is 1. The Balaban J connectivity index is 5.49. The van der Waals surface area contributed by atoms with Gasteiger partial charge in [-0.05, 0) is 25.7 Å². The van der Waals surface area contributed by atoms with Crippen LogP contribution in [0, 0.1) is 5.41 Å². The Morgan fingerprint density at radius 2 is 1.17 bits per heavy atom. The number of carbonyl (C=O) groups is 1. The molecule has 1 unspecified atom stereocenters. The second-order valence-electron chi connectivity index (χ2n) is 5.45. The highest BCUT2D eigenvalue weighted by atomic mass is 16.4. The van der Waals surface area contributed by atoms with Crippen molar-refractivity contribution in [2.45, 2.75) is 84.7 Å². The summed E-state index contributed by atoms with van der Waals surface area (Å²) >= 11 is 0. The van der Waals surface area contributed by atoms with E-state index in [0.717, 1.165) is 38.5 Å². The fourth-order valence-electron chi connectivity index (χ4n) is 3.39. The third-order valence-corrected chi connectivity index (χ3v) is 4.03. The highest BCUT2D eigenvalue weighted by Crippen LogP contribution is 2.47. The Hall–Kier alpha value is -0.570. The minimum Gasteiger partial charge on any atom is -0.479 e. The summed E-state index contributed by atoms with van der Waals surface area (Å²) in [5.41, 5.74) is -2.03. The van der Waals surface area contributed by atoms with Gasteiger partial charge in [-0.15, -0.1) is 0 Å².